The highest BCUT2D eigenvalue weighted by Crippen LogP contribution is 2.35. The van der Waals surface area contributed by atoms with Crippen LogP contribution in [0.1, 0.15) is 20.4 Å². The minimum atomic E-state index is 0.0795. The van der Waals surface area contributed by atoms with Gasteiger partial charge in [0.25, 0.3) is 5.91 Å². The van der Waals surface area contributed by atoms with E-state index in [1.165, 1.54) is 16.2 Å². The lowest BCUT2D eigenvalue weighted by Gasteiger charge is -2.28. The minimum absolute atomic E-state index is 0.0795. The number of aromatic nitrogens is 1. The van der Waals surface area contributed by atoms with Gasteiger partial charge in [0.05, 0.1) is 16.4 Å². The molecule has 0 spiro atoms. The number of para-hydroxylation sites is 1. The van der Waals surface area contributed by atoms with E-state index in [4.69, 9.17) is 0 Å². The van der Waals surface area contributed by atoms with Crippen molar-refractivity contribution < 1.29 is 4.79 Å². The molecular weight excluding hydrogens is 276 g/mol. The molecule has 1 aromatic heterocycles. The van der Waals surface area contributed by atoms with Crippen LogP contribution < -0.4 is 4.90 Å². The number of nitrogens with zero attached hydrogens (tertiary/aromatic N) is 2. The maximum atomic E-state index is 12.7. The zero-order valence-electron chi connectivity index (χ0n) is 10.8. The van der Waals surface area contributed by atoms with Crippen molar-refractivity contribution in [1.29, 1.82) is 0 Å². The van der Waals surface area contributed by atoms with Crippen molar-refractivity contribution >= 4 is 34.7 Å². The van der Waals surface area contributed by atoms with Gasteiger partial charge in [-0.25, -0.2) is 4.98 Å². The van der Waals surface area contributed by atoms with E-state index in [9.17, 15) is 4.79 Å². The summed E-state index contributed by atoms with van der Waals surface area (Å²) in [5.74, 6) is 1.02. The average Bonchev–Trinajstić information content (AvgIpc) is 2.76. The van der Waals surface area contributed by atoms with Crippen LogP contribution in [-0.4, -0.2) is 23.2 Å². The molecule has 1 aromatic carbocycles. The normalized spacial score (nSPS) is 14.3. The molecule has 19 heavy (non-hydrogen) atoms. The number of anilines is 1. The summed E-state index contributed by atoms with van der Waals surface area (Å²) in [6.07, 6.45) is 0. The third kappa shape index (κ3) is 2.28. The second-order valence-electron chi connectivity index (χ2n) is 4.42. The Morgan fingerprint density at radius 2 is 2.11 bits per heavy atom. The molecule has 2 heterocycles. The largest absolute Gasteiger partial charge is 0.306 e. The highest BCUT2D eigenvalue weighted by molar-refractivity contribution is 7.99. The molecule has 0 unspecified atom stereocenters. The SMILES string of the molecule is Cc1nc(C)c(C(=O)N2CCSc3ccccc32)s1. The van der Waals surface area contributed by atoms with Gasteiger partial charge in [0.1, 0.15) is 4.88 Å². The first-order valence-electron chi connectivity index (χ1n) is 6.14. The number of fused-ring (bicyclic) bond motifs is 1. The number of thioether (sulfide) groups is 1. The lowest BCUT2D eigenvalue weighted by molar-refractivity contribution is 0.0991. The van der Waals surface area contributed by atoms with Crippen LogP contribution in [0.2, 0.25) is 0 Å². The van der Waals surface area contributed by atoms with E-state index in [1.54, 1.807) is 0 Å². The predicted octanol–water partition coefficient (Wildman–Crippen LogP) is 3.51. The van der Waals surface area contributed by atoms with E-state index in [2.05, 4.69) is 11.1 Å². The Bertz CT molecular complexity index is 636. The first kappa shape index (κ1) is 12.7. The van der Waals surface area contributed by atoms with E-state index in [-0.39, 0.29) is 5.91 Å². The van der Waals surface area contributed by atoms with Crippen molar-refractivity contribution in [2.24, 2.45) is 0 Å². The molecule has 3 rings (SSSR count). The number of rotatable bonds is 1. The molecule has 5 heteroatoms. The molecule has 0 N–H and O–H groups in total. The standard InChI is InChI=1S/C14H14N2OS2/c1-9-13(19-10(2)15-9)14(17)16-7-8-18-12-6-4-3-5-11(12)16/h3-6H,7-8H2,1-2H3. The maximum absolute atomic E-state index is 12.7. The van der Waals surface area contributed by atoms with E-state index >= 15 is 0 Å². The highest BCUT2D eigenvalue weighted by Gasteiger charge is 2.26. The Balaban J connectivity index is 2.00. The van der Waals surface area contributed by atoms with Crippen LogP contribution >= 0.6 is 23.1 Å². The molecule has 0 saturated heterocycles. The van der Waals surface area contributed by atoms with Crippen LogP contribution in [0.25, 0.3) is 0 Å². The van der Waals surface area contributed by atoms with Gasteiger partial charge < -0.3 is 4.90 Å². The van der Waals surface area contributed by atoms with Gasteiger partial charge in [-0.3, -0.25) is 4.79 Å². The molecule has 1 aliphatic rings. The smallest absolute Gasteiger partial charge is 0.270 e. The van der Waals surface area contributed by atoms with Crippen molar-refractivity contribution in [1.82, 2.24) is 4.98 Å². The van der Waals surface area contributed by atoms with Crippen molar-refractivity contribution in [2.75, 3.05) is 17.2 Å². The van der Waals surface area contributed by atoms with Crippen molar-refractivity contribution in [3.8, 4) is 0 Å². The second kappa shape index (κ2) is 4.98. The molecule has 2 aromatic rings. The van der Waals surface area contributed by atoms with Gasteiger partial charge in [-0.1, -0.05) is 12.1 Å². The first-order valence-corrected chi connectivity index (χ1v) is 7.95. The maximum Gasteiger partial charge on any atom is 0.270 e. The summed E-state index contributed by atoms with van der Waals surface area (Å²) in [4.78, 5) is 20.9. The number of amides is 1. The Morgan fingerprint density at radius 3 is 2.84 bits per heavy atom. The molecule has 0 aliphatic carbocycles. The number of hydrogen-bond donors (Lipinski definition) is 0. The van der Waals surface area contributed by atoms with Gasteiger partial charge in [0, 0.05) is 17.2 Å². The number of carbonyl (C=O) groups is 1. The van der Waals surface area contributed by atoms with E-state index in [1.807, 2.05) is 48.7 Å². The Kier molecular flexibility index (Phi) is 3.33. The van der Waals surface area contributed by atoms with Crippen LogP contribution in [0.15, 0.2) is 29.2 Å². The third-order valence-corrected chi connectivity index (χ3v) is 5.18. The predicted molar refractivity (Wildman–Crippen MR) is 80.4 cm³/mol. The zero-order chi connectivity index (χ0) is 13.4. The van der Waals surface area contributed by atoms with Gasteiger partial charge >= 0.3 is 0 Å². The molecule has 1 aliphatic heterocycles. The number of benzene rings is 1. The molecule has 1 amide bonds. The highest BCUT2D eigenvalue weighted by atomic mass is 32.2. The van der Waals surface area contributed by atoms with E-state index in [0.717, 1.165) is 33.6 Å². The van der Waals surface area contributed by atoms with Crippen LogP contribution in [0, 0.1) is 13.8 Å². The molecule has 98 valence electrons. The van der Waals surface area contributed by atoms with Crippen molar-refractivity contribution in [3.05, 3.63) is 39.8 Å². The summed E-state index contributed by atoms with van der Waals surface area (Å²) in [6, 6.07) is 8.09. The average molecular weight is 290 g/mol. The molecule has 0 saturated carbocycles. The molecular formula is C14H14N2OS2. The van der Waals surface area contributed by atoms with Gasteiger partial charge in [-0.15, -0.1) is 23.1 Å². The summed E-state index contributed by atoms with van der Waals surface area (Å²) in [5, 5.41) is 0.945. The van der Waals surface area contributed by atoms with Crippen LogP contribution in [0.5, 0.6) is 0 Å². The first-order chi connectivity index (χ1) is 9.16. The van der Waals surface area contributed by atoms with Crippen LogP contribution in [0.4, 0.5) is 5.69 Å². The molecule has 0 atom stereocenters. The molecule has 0 radical (unpaired) electrons. The van der Waals surface area contributed by atoms with Crippen molar-refractivity contribution in [2.45, 2.75) is 18.7 Å². The van der Waals surface area contributed by atoms with Crippen LogP contribution in [-0.2, 0) is 0 Å². The van der Waals surface area contributed by atoms with Gasteiger partial charge in [-0.05, 0) is 26.0 Å². The lowest BCUT2D eigenvalue weighted by atomic mass is 10.2. The number of aryl methyl sites for hydroxylation is 2. The zero-order valence-corrected chi connectivity index (χ0v) is 12.5. The fourth-order valence-electron chi connectivity index (χ4n) is 2.23. The van der Waals surface area contributed by atoms with Gasteiger partial charge in [0.2, 0.25) is 0 Å². The summed E-state index contributed by atoms with van der Waals surface area (Å²) >= 11 is 3.29. The Morgan fingerprint density at radius 1 is 1.32 bits per heavy atom. The minimum Gasteiger partial charge on any atom is -0.306 e. The molecule has 3 nitrogen and oxygen atoms in total. The van der Waals surface area contributed by atoms with E-state index < -0.39 is 0 Å². The second-order valence-corrected chi connectivity index (χ2v) is 6.76. The number of carbonyl (C=O) groups excluding carboxylic acids is 1. The monoisotopic (exact) mass is 290 g/mol. The lowest BCUT2D eigenvalue weighted by Crippen LogP contribution is -2.35. The fourth-order valence-corrected chi connectivity index (χ4v) is 4.10. The summed E-state index contributed by atoms with van der Waals surface area (Å²) in [6.45, 7) is 4.60. The fraction of sp³-hybridized carbons (Fsp3) is 0.286. The summed E-state index contributed by atoms with van der Waals surface area (Å²) in [7, 11) is 0. The van der Waals surface area contributed by atoms with Crippen LogP contribution in [0.3, 0.4) is 0 Å². The van der Waals surface area contributed by atoms with E-state index in [0.29, 0.717) is 0 Å². The third-order valence-electron chi connectivity index (χ3n) is 3.07. The van der Waals surface area contributed by atoms with Gasteiger partial charge in [-0.2, -0.15) is 0 Å². The molecule has 0 fully saturated rings. The van der Waals surface area contributed by atoms with Crippen molar-refractivity contribution in [3.63, 3.8) is 0 Å². The topological polar surface area (TPSA) is 33.2 Å². The van der Waals surface area contributed by atoms with Gasteiger partial charge in [0.15, 0.2) is 0 Å². The number of hydrogen-bond acceptors (Lipinski definition) is 4. The Hall–Kier alpha value is -1.33. The Labute approximate surface area is 120 Å². The number of thiazole rings is 1. The quantitative estimate of drug-likeness (QED) is 0.806. The summed E-state index contributed by atoms with van der Waals surface area (Å²) < 4.78 is 0. The molecule has 0 bridgehead atoms. The summed E-state index contributed by atoms with van der Waals surface area (Å²) in [5.41, 5.74) is 1.86.